The highest BCUT2D eigenvalue weighted by molar-refractivity contribution is 5.45. The van der Waals surface area contributed by atoms with Gasteiger partial charge in [0.05, 0.1) is 14.2 Å². The summed E-state index contributed by atoms with van der Waals surface area (Å²) in [7, 11) is 2.93. The second-order valence-corrected chi connectivity index (χ2v) is 4.62. The van der Waals surface area contributed by atoms with E-state index in [1.165, 1.54) is 26.4 Å². The first-order valence-electron chi connectivity index (χ1n) is 6.20. The van der Waals surface area contributed by atoms with Crippen molar-refractivity contribution in [3.05, 3.63) is 59.4 Å². The van der Waals surface area contributed by atoms with Crippen molar-refractivity contribution in [2.45, 2.75) is 12.5 Å². The van der Waals surface area contributed by atoms with Gasteiger partial charge in [0, 0.05) is 5.56 Å². The molecule has 0 saturated heterocycles. The van der Waals surface area contributed by atoms with E-state index in [1.54, 1.807) is 31.2 Å². The van der Waals surface area contributed by atoms with Crippen LogP contribution in [0, 0.1) is 5.82 Å². The molecule has 2 aromatic rings. The van der Waals surface area contributed by atoms with Crippen LogP contribution in [0.25, 0.3) is 0 Å². The molecule has 0 aliphatic rings. The molecule has 0 spiro atoms. The summed E-state index contributed by atoms with van der Waals surface area (Å²) in [5, 5.41) is 10.8. The zero-order valence-electron chi connectivity index (χ0n) is 11.7. The standard InChI is InChI=1S/C16H17FO3/c1-16(18,12-6-4-5-7-14(12)19-2)11-8-9-15(20-3)13(17)10-11/h4-10,18H,1-3H3. The molecule has 0 aromatic heterocycles. The predicted octanol–water partition coefficient (Wildman–Crippen LogP) is 3.10. The van der Waals surface area contributed by atoms with Gasteiger partial charge in [-0.25, -0.2) is 4.39 Å². The first-order chi connectivity index (χ1) is 9.50. The Hall–Kier alpha value is -2.07. The second kappa shape index (κ2) is 5.51. The van der Waals surface area contributed by atoms with Gasteiger partial charge in [-0.05, 0) is 30.7 Å². The zero-order valence-corrected chi connectivity index (χ0v) is 11.7. The fourth-order valence-corrected chi connectivity index (χ4v) is 2.17. The van der Waals surface area contributed by atoms with Crippen LogP contribution < -0.4 is 9.47 Å². The molecule has 0 saturated carbocycles. The second-order valence-electron chi connectivity index (χ2n) is 4.62. The summed E-state index contributed by atoms with van der Waals surface area (Å²) >= 11 is 0. The van der Waals surface area contributed by atoms with Crippen molar-refractivity contribution in [1.82, 2.24) is 0 Å². The van der Waals surface area contributed by atoms with Crippen LogP contribution in [0.3, 0.4) is 0 Å². The fourth-order valence-electron chi connectivity index (χ4n) is 2.17. The lowest BCUT2D eigenvalue weighted by Crippen LogP contribution is -2.23. The lowest BCUT2D eigenvalue weighted by molar-refractivity contribution is 0.0985. The maximum absolute atomic E-state index is 13.8. The number of para-hydroxylation sites is 1. The molecule has 0 amide bonds. The predicted molar refractivity (Wildman–Crippen MR) is 74.6 cm³/mol. The maximum atomic E-state index is 13.8. The number of methoxy groups -OCH3 is 2. The number of halogens is 1. The first kappa shape index (κ1) is 14.3. The molecule has 4 heteroatoms. The molecule has 0 fully saturated rings. The Bertz CT molecular complexity index is 608. The number of benzene rings is 2. The van der Waals surface area contributed by atoms with E-state index in [-0.39, 0.29) is 5.75 Å². The zero-order chi connectivity index (χ0) is 14.8. The third-order valence-electron chi connectivity index (χ3n) is 3.35. The van der Waals surface area contributed by atoms with Crippen molar-refractivity contribution in [1.29, 1.82) is 0 Å². The van der Waals surface area contributed by atoms with Gasteiger partial charge in [-0.3, -0.25) is 0 Å². The molecule has 0 bridgehead atoms. The minimum atomic E-state index is -1.36. The van der Waals surface area contributed by atoms with E-state index >= 15 is 0 Å². The number of aliphatic hydroxyl groups is 1. The van der Waals surface area contributed by atoms with Gasteiger partial charge in [0.1, 0.15) is 11.4 Å². The highest BCUT2D eigenvalue weighted by Crippen LogP contribution is 2.36. The van der Waals surface area contributed by atoms with Crippen LogP contribution in [0.1, 0.15) is 18.1 Å². The summed E-state index contributed by atoms with van der Waals surface area (Å²) in [6, 6.07) is 11.5. The van der Waals surface area contributed by atoms with E-state index in [1.807, 2.05) is 6.07 Å². The van der Waals surface area contributed by atoms with Crippen molar-refractivity contribution < 1.29 is 19.0 Å². The van der Waals surface area contributed by atoms with Crippen LogP contribution in [-0.4, -0.2) is 19.3 Å². The quantitative estimate of drug-likeness (QED) is 0.932. The molecule has 0 radical (unpaired) electrons. The van der Waals surface area contributed by atoms with E-state index in [0.29, 0.717) is 16.9 Å². The SMILES string of the molecule is COc1ccc(C(C)(O)c2ccccc2OC)cc1F. The summed E-state index contributed by atoms with van der Waals surface area (Å²) in [6.07, 6.45) is 0. The maximum Gasteiger partial charge on any atom is 0.165 e. The molecule has 20 heavy (non-hydrogen) atoms. The molecular weight excluding hydrogens is 259 g/mol. The minimum Gasteiger partial charge on any atom is -0.496 e. The monoisotopic (exact) mass is 276 g/mol. The third kappa shape index (κ3) is 2.47. The van der Waals surface area contributed by atoms with Gasteiger partial charge in [0.2, 0.25) is 0 Å². The average molecular weight is 276 g/mol. The van der Waals surface area contributed by atoms with Crippen molar-refractivity contribution in [2.75, 3.05) is 14.2 Å². The van der Waals surface area contributed by atoms with E-state index in [9.17, 15) is 9.50 Å². The highest BCUT2D eigenvalue weighted by atomic mass is 19.1. The van der Waals surface area contributed by atoms with E-state index in [0.717, 1.165) is 0 Å². The lowest BCUT2D eigenvalue weighted by atomic mass is 9.87. The van der Waals surface area contributed by atoms with E-state index < -0.39 is 11.4 Å². The molecule has 2 rings (SSSR count). The van der Waals surface area contributed by atoms with Crippen LogP contribution in [0.4, 0.5) is 4.39 Å². The van der Waals surface area contributed by atoms with Gasteiger partial charge in [0.25, 0.3) is 0 Å². The van der Waals surface area contributed by atoms with Gasteiger partial charge in [-0.15, -0.1) is 0 Å². The molecule has 3 nitrogen and oxygen atoms in total. The van der Waals surface area contributed by atoms with Crippen LogP contribution >= 0.6 is 0 Å². The Morgan fingerprint density at radius 3 is 2.25 bits per heavy atom. The molecule has 0 heterocycles. The van der Waals surface area contributed by atoms with Gasteiger partial charge in [-0.2, -0.15) is 0 Å². The Balaban J connectivity index is 2.51. The Kier molecular flexibility index (Phi) is 3.95. The molecule has 1 atom stereocenters. The van der Waals surface area contributed by atoms with Gasteiger partial charge >= 0.3 is 0 Å². The minimum absolute atomic E-state index is 0.143. The van der Waals surface area contributed by atoms with E-state index in [2.05, 4.69) is 0 Å². The molecule has 2 aromatic carbocycles. The third-order valence-corrected chi connectivity index (χ3v) is 3.35. The van der Waals surface area contributed by atoms with Crippen LogP contribution in [0.5, 0.6) is 11.5 Å². The number of hydrogen-bond acceptors (Lipinski definition) is 3. The first-order valence-corrected chi connectivity index (χ1v) is 6.20. The molecule has 1 N–H and O–H groups in total. The molecule has 106 valence electrons. The molecule has 0 aliphatic heterocycles. The van der Waals surface area contributed by atoms with Crippen LogP contribution in [0.2, 0.25) is 0 Å². The fraction of sp³-hybridized carbons (Fsp3) is 0.250. The summed E-state index contributed by atoms with van der Waals surface area (Å²) in [4.78, 5) is 0. The highest BCUT2D eigenvalue weighted by Gasteiger charge is 2.29. The Morgan fingerprint density at radius 2 is 1.65 bits per heavy atom. The Morgan fingerprint density at radius 1 is 1.00 bits per heavy atom. The smallest absolute Gasteiger partial charge is 0.165 e. The summed E-state index contributed by atoms with van der Waals surface area (Å²) in [5.41, 5.74) is -0.355. The van der Waals surface area contributed by atoms with Gasteiger partial charge < -0.3 is 14.6 Å². The number of rotatable bonds is 4. The van der Waals surface area contributed by atoms with Crippen molar-refractivity contribution >= 4 is 0 Å². The summed E-state index contributed by atoms with van der Waals surface area (Å²) in [6.45, 7) is 1.60. The number of ether oxygens (including phenoxy) is 2. The van der Waals surface area contributed by atoms with Crippen LogP contribution in [-0.2, 0) is 5.60 Å². The van der Waals surface area contributed by atoms with Gasteiger partial charge in [-0.1, -0.05) is 24.3 Å². The molecule has 1 unspecified atom stereocenters. The lowest BCUT2D eigenvalue weighted by Gasteiger charge is -2.26. The Labute approximate surface area is 117 Å². The number of hydrogen-bond donors (Lipinski definition) is 1. The molecular formula is C16H17FO3. The van der Waals surface area contributed by atoms with Crippen LogP contribution in [0.15, 0.2) is 42.5 Å². The molecule has 0 aliphatic carbocycles. The van der Waals surface area contributed by atoms with Gasteiger partial charge in [0.15, 0.2) is 11.6 Å². The van der Waals surface area contributed by atoms with Crippen molar-refractivity contribution in [3.8, 4) is 11.5 Å². The summed E-state index contributed by atoms with van der Waals surface area (Å²) in [5.74, 6) is 0.179. The van der Waals surface area contributed by atoms with Crippen molar-refractivity contribution in [3.63, 3.8) is 0 Å². The topological polar surface area (TPSA) is 38.7 Å². The largest absolute Gasteiger partial charge is 0.496 e. The summed E-state index contributed by atoms with van der Waals surface area (Å²) < 4.78 is 23.9. The average Bonchev–Trinajstić information content (AvgIpc) is 2.47. The van der Waals surface area contributed by atoms with Crippen molar-refractivity contribution in [2.24, 2.45) is 0 Å². The normalized spacial score (nSPS) is 13.7. The van der Waals surface area contributed by atoms with E-state index in [4.69, 9.17) is 9.47 Å².